The van der Waals surface area contributed by atoms with Crippen LogP contribution in [0.25, 0.3) is 0 Å². The highest BCUT2D eigenvalue weighted by Crippen LogP contribution is 2.17. The zero-order valence-electron chi connectivity index (χ0n) is 4.83. The molecule has 0 aromatic rings. The van der Waals surface area contributed by atoms with Gasteiger partial charge in [-0.15, -0.1) is 6.42 Å². The minimum Gasteiger partial charge on any atom is -0.367 e. The number of aliphatic hydroxyl groups excluding tert-OH is 1. The maximum atomic E-state index is 8.86. The molecule has 1 rings (SSSR count). The van der Waals surface area contributed by atoms with Crippen LogP contribution >= 0.6 is 0 Å². The largest absolute Gasteiger partial charge is 0.367 e. The molecule has 0 bridgehead atoms. The lowest BCUT2D eigenvalue weighted by molar-refractivity contribution is 0.128. The molecule has 1 aliphatic rings. The highest BCUT2D eigenvalue weighted by atomic mass is 16.3. The van der Waals surface area contributed by atoms with Crippen molar-refractivity contribution in [2.75, 3.05) is 6.54 Å². The SMILES string of the molecule is C#CC(O)N1CC1C. The third-order valence-corrected chi connectivity index (χ3v) is 1.37. The Balaban J connectivity index is 2.31. The molecule has 0 aromatic carbocycles. The van der Waals surface area contributed by atoms with E-state index in [-0.39, 0.29) is 0 Å². The second-order valence-corrected chi connectivity index (χ2v) is 2.09. The highest BCUT2D eigenvalue weighted by molar-refractivity contribution is 5.00. The van der Waals surface area contributed by atoms with Crippen molar-refractivity contribution in [3.05, 3.63) is 0 Å². The fraction of sp³-hybridized carbons (Fsp3) is 0.667. The van der Waals surface area contributed by atoms with Crippen molar-refractivity contribution in [1.29, 1.82) is 0 Å². The maximum Gasteiger partial charge on any atom is 0.170 e. The van der Waals surface area contributed by atoms with Crippen LogP contribution in [-0.2, 0) is 0 Å². The van der Waals surface area contributed by atoms with Gasteiger partial charge in [-0.1, -0.05) is 5.92 Å². The van der Waals surface area contributed by atoms with Gasteiger partial charge >= 0.3 is 0 Å². The molecule has 1 heterocycles. The minimum absolute atomic E-state index is 0.487. The Morgan fingerprint density at radius 2 is 2.50 bits per heavy atom. The molecule has 8 heavy (non-hydrogen) atoms. The van der Waals surface area contributed by atoms with Crippen molar-refractivity contribution in [3.8, 4) is 12.3 Å². The van der Waals surface area contributed by atoms with Gasteiger partial charge in [-0.25, -0.2) is 0 Å². The average molecular weight is 111 g/mol. The standard InChI is InChI=1S/C6H9NO/c1-3-6(8)7-4-5(7)2/h1,5-6,8H,4H2,2H3. The lowest BCUT2D eigenvalue weighted by atomic mass is 10.5. The second-order valence-electron chi connectivity index (χ2n) is 2.09. The number of terminal acetylenes is 1. The molecule has 0 aromatic heterocycles. The molecule has 1 N–H and O–H groups in total. The molecule has 44 valence electrons. The third kappa shape index (κ3) is 0.835. The van der Waals surface area contributed by atoms with Gasteiger partial charge in [-0.05, 0) is 6.92 Å². The number of hydrogen-bond donors (Lipinski definition) is 1. The lowest BCUT2D eigenvalue weighted by Gasteiger charge is -2.00. The fourth-order valence-electron chi connectivity index (χ4n) is 0.695. The monoisotopic (exact) mass is 111 g/mol. The van der Waals surface area contributed by atoms with Crippen LogP contribution in [0.4, 0.5) is 0 Å². The van der Waals surface area contributed by atoms with Crippen molar-refractivity contribution in [1.82, 2.24) is 4.90 Å². The number of aliphatic hydroxyl groups is 1. The lowest BCUT2D eigenvalue weighted by Crippen LogP contribution is -2.16. The quantitative estimate of drug-likeness (QED) is 0.369. The summed E-state index contributed by atoms with van der Waals surface area (Å²) in [5, 5.41) is 8.86. The first-order valence-corrected chi connectivity index (χ1v) is 2.65. The van der Waals surface area contributed by atoms with Crippen LogP contribution in [0, 0.1) is 12.3 Å². The van der Waals surface area contributed by atoms with E-state index in [1.807, 2.05) is 11.8 Å². The normalized spacial score (nSPS) is 38.1. The topological polar surface area (TPSA) is 23.2 Å². The van der Waals surface area contributed by atoms with E-state index in [4.69, 9.17) is 11.5 Å². The molecule has 1 aliphatic heterocycles. The Hall–Kier alpha value is -0.520. The van der Waals surface area contributed by atoms with Gasteiger partial charge in [0, 0.05) is 12.6 Å². The molecule has 0 aliphatic carbocycles. The van der Waals surface area contributed by atoms with E-state index in [1.54, 1.807) is 0 Å². The zero-order valence-corrected chi connectivity index (χ0v) is 4.83. The molecular formula is C6H9NO. The van der Waals surface area contributed by atoms with E-state index in [2.05, 4.69) is 5.92 Å². The molecular weight excluding hydrogens is 102 g/mol. The Bertz CT molecular complexity index is 127. The van der Waals surface area contributed by atoms with Crippen LogP contribution in [0.15, 0.2) is 0 Å². The van der Waals surface area contributed by atoms with Crippen molar-refractivity contribution < 1.29 is 5.11 Å². The molecule has 1 saturated heterocycles. The van der Waals surface area contributed by atoms with E-state index in [9.17, 15) is 0 Å². The van der Waals surface area contributed by atoms with E-state index in [1.165, 1.54) is 0 Å². The Morgan fingerprint density at radius 3 is 2.62 bits per heavy atom. The summed E-state index contributed by atoms with van der Waals surface area (Å²) in [7, 11) is 0. The van der Waals surface area contributed by atoms with Gasteiger partial charge in [-0.2, -0.15) is 0 Å². The van der Waals surface area contributed by atoms with Crippen LogP contribution in [0.2, 0.25) is 0 Å². The maximum absolute atomic E-state index is 8.86. The highest BCUT2D eigenvalue weighted by Gasteiger charge is 2.33. The summed E-state index contributed by atoms with van der Waals surface area (Å²) in [5.74, 6) is 2.24. The minimum atomic E-state index is -0.648. The Kier molecular flexibility index (Phi) is 1.24. The van der Waals surface area contributed by atoms with Gasteiger partial charge in [-0.3, -0.25) is 4.90 Å². The molecule has 0 saturated carbocycles. The van der Waals surface area contributed by atoms with Crippen LogP contribution in [0.5, 0.6) is 0 Å². The van der Waals surface area contributed by atoms with Crippen LogP contribution < -0.4 is 0 Å². The van der Waals surface area contributed by atoms with E-state index >= 15 is 0 Å². The number of nitrogens with zero attached hydrogens (tertiary/aromatic N) is 1. The van der Waals surface area contributed by atoms with Gasteiger partial charge in [0.15, 0.2) is 6.23 Å². The predicted octanol–water partition coefficient (Wildman–Crippen LogP) is -0.358. The van der Waals surface area contributed by atoms with Gasteiger partial charge < -0.3 is 5.11 Å². The molecule has 2 nitrogen and oxygen atoms in total. The van der Waals surface area contributed by atoms with Gasteiger partial charge in [0.1, 0.15) is 0 Å². The van der Waals surface area contributed by atoms with Crippen LogP contribution in [-0.4, -0.2) is 28.8 Å². The molecule has 2 heteroatoms. The Morgan fingerprint density at radius 1 is 2.00 bits per heavy atom. The second kappa shape index (κ2) is 1.77. The van der Waals surface area contributed by atoms with E-state index in [0.29, 0.717) is 6.04 Å². The molecule has 3 atom stereocenters. The van der Waals surface area contributed by atoms with Gasteiger partial charge in [0.05, 0.1) is 0 Å². The molecule has 1 fully saturated rings. The summed E-state index contributed by atoms with van der Waals surface area (Å²) in [5.41, 5.74) is 0. The molecule has 3 unspecified atom stereocenters. The summed E-state index contributed by atoms with van der Waals surface area (Å²) < 4.78 is 0. The average Bonchev–Trinajstić information content (AvgIpc) is 2.45. The first-order valence-electron chi connectivity index (χ1n) is 2.65. The van der Waals surface area contributed by atoms with Crippen molar-refractivity contribution in [2.45, 2.75) is 19.2 Å². The summed E-state index contributed by atoms with van der Waals surface area (Å²) >= 11 is 0. The first kappa shape index (κ1) is 5.61. The summed E-state index contributed by atoms with van der Waals surface area (Å²) in [4.78, 5) is 1.83. The molecule has 0 radical (unpaired) electrons. The van der Waals surface area contributed by atoms with E-state index < -0.39 is 6.23 Å². The summed E-state index contributed by atoms with van der Waals surface area (Å²) in [6, 6.07) is 0.487. The molecule has 0 amide bonds. The van der Waals surface area contributed by atoms with Gasteiger partial charge in [0.2, 0.25) is 0 Å². The van der Waals surface area contributed by atoms with Crippen LogP contribution in [0.1, 0.15) is 6.92 Å². The number of hydrogen-bond acceptors (Lipinski definition) is 2. The zero-order chi connectivity index (χ0) is 6.15. The fourth-order valence-corrected chi connectivity index (χ4v) is 0.695. The smallest absolute Gasteiger partial charge is 0.170 e. The van der Waals surface area contributed by atoms with Crippen molar-refractivity contribution >= 4 is 0 Å². The summed E-state index contributed by atoms with van der Waals surface area (Å²) in [6.07, 6.45) is 4.29. The predicted molar refractivity (Wildman–Crippen MR) is 31.0 cm³/mol. The Labute approximate surface area is 49.1 Å². The first-order chi connectivity index (χ1) is 3.75. The van der Waals surface area contributed by atoms with Crippen molar-refractivity contribution in [2.24, 2.45) is 0 Å². The molecule has 0 spiro atoms. The van der Waals surface area contributed by atoms with Crippen LogP contribution in [0.3, 0.4) is 0 Å². The number of rotatable bonds is 1. The van der Waals surface area contributed by atoms with Gasteiger partial charge in [0.25, 0.3) is 0 Å². The summed E-state index contributed by atoms with van der Waals surface area (Å²) in [6.45, 7) is 2.96. The third-order valence-electron chi connectivity index (χ3n) is 1.37. The van der Waals surface area contributed by atoms with E-state index in [0.717, 1.165) is 6.54 Å². The van der Waals surface area contributed by atoms with Crippen molar-refractivity contribution in [3.63, 3.8) is 0 Å².